The van der Waals surface area contributed by atoms with Gasteiger partial charge in [0.25, 0.3) is 0 Å². The summed E-state index contributed by atoms with van der Waals surface area (Å²) < 4.78 is 46.6. The Kier molecular flexibility index (Phi) is 13.5. The fraction of sp³-hybridized carbons (Fsp3) is 0.698. The summed E-state index contributed by atoms with van der Waals surface area (Å²) in [5, 5.41) is 0.163. The van der Waals surface area contributed by atoms with Crippen LogP contribution in [0.3, 0.4) is 0 Å². The molecule has 4 saturated heterocycles. The van der Waals surface area contributed by atoms with E-state index in [2.05, 4.69) is 77.2 Å². The largest absolute Gasteiger partial charge is 0.417 e. The average molecular weight is 737 g/mol. The minimum Gasteiger partial charge on any atom is -0.417 e. The molecule has 0 amide bonds. The second kappa shape index (κ2) is 17.7. The van der Waals surface area contributed by atoms with E-state index >= 15 is 0 Å². The van der Waals surface area contributed by atoms with Crippen molar-refractivity contribution in [1.29, 1.82) is 0 Å². The summed E-state index contributed by atoms with van der Waals surface area (Å²) in [4.78, 5) is 13.3. The van der Waals surface area contributed by atoms with Gasteiger partial charge in [0, 0.05) is 32.5 Å². The number of rotatable bonds is 14. The van der Waals surface area contributed by atoms with E-state index in [0.717, 1.165) is 50.5 Å². The van der Waals surface area contributed by atoms with Gasteiger partial charge in [-0.05, 0) is 81.1 Å². The first-order valence-electron chi connectivity index (χ1n) is 20.0. The van der Waals surface area contributed by atoms with Crippen LogP contribution in [0.25, 0.3) is 0 Å². The van der Waals surface area contributed by atoms with Crippen LogP contribution in [-0.4, -0.2) is 81.7 Å². The quantitative estimate of drug-likeness (QED) is 0.141. The van der Waals surface area contributed by atoms with Gasteiger partial charge in [0.1, 0.15) is 12.2 Å². The summed E-state index contributed by atoms with van der Waals surface area (Å²) in [6.07, 6.45) is 6.37. The number of benzene rings is 2. The van der Waals surface area contributed by atoms with Crippen LogP contribution >= 0.6 is 0 Å². The molecule has 4 aliphatic rings. The molecule has 0 bridgehead atoms. The molecule has 4 aliphatic heterocycles. The zero-order valence-corrected chi connectivity index (χ0v) is 33.6. The van der Waals surface area contributed by atoms with Crippen molar-refractivity contribution in [3.05, 3.63) is 71.8 Å². The molecule has 0 N–H and O–H groups in total. The van der Waals surface area contributed by atoms with Crippen LogP contribution < -0.4 is 0 Å². The van der Waals surface area contributed by atoms with Gasteiger partial charge < -0.3 is 32.8 Å². The summed E-state index contributed by atoms with van der Waals surface area (Å²) >= 11 is 0. The monoisotopic (exact) mass is 736 g/mol. The lowest BCUT2D eigenvalue weighted by Crippen LogP contribution is -2.62. The van der Waals surface area contributed by atoms with E-state index in [4.69, 9.17) is 32.8 Å². The molecule has 4 heterocycles. The molecule has 6 rings (SSSR count). The molecular formula is C43H64O8Si. The van der Waals surface area contributed by atoms with Crippen LogP contribution in [0.4, 0.5) is 0 Å². The van der Waals surface area contributed by atoms with Crippen LogP contribution in [-0.2, 0) is 50.9 Å². The second-order valence-electron chi connectivity index (χ2n) is 17.3. The van der Waals surface area contributed by atoms with Gasteiger partial charge in [-0.25, -0.2) is 0 Å². The molecular weight excluding hydrogens is 673 g/mol. The smallest absolute Gasteiger partial charge is 0.191 e. The fourth-order valence-corrected chi connectivity index (χ4v) is 9.11. The number of ether oxygens (including phenoxy) is 6. The Morgan fingerprint density at radius 1 is 0.808 bits per heavy atom. The van der Waals surface area contributed by atoms with Crippen LogP contribution in [0.2, 0.25) is 18.1 Å². The number of Topliss-reactive ketones (excluding diaryl/α,β-unsaturated/α-hetero) is 1. The third-order valence-corrected chi connectivity index (χ3v) is 16.8. The van der Waals surface area contributed by atoms with Crippen molar-refractivity contribution >= 4 is 14.1 Å². The Morgan fingerprint density at radius 2 is 1.48 bits per heavy atom. The van der Waals surface area contributed by atoms with Crippen molar-refractivity contribution < 1.29 is 37.6 Å². The van der Waals surface area contributed by atoms with E-state index in [9.17, 15) is 4.79 Å². The van der Waals surface area contributed by atoms with Crippen molar-refractivity contribution in [3.63, 3.8) is 0 Å². The lowest BCUT2D eigenvalue weighted by molar-refractivity contribution is -0.298. The molecule has 0 unspecified atom stereocenters. The van der Waals surface area contributed by atoms with Crippen molar-refractivity contribution in [1.82, 2.24) is 0 Å². The Hall–Kier alpha value is -1.95. The average Bonchev–Trinajstić information content (AvgIpc) is 3.35. The topological polar surface area (TPSA) is 81.7 Å². The van der Waals surface area contributed by atoms with E-state index in [-0.39, 0.29) is 53.5 Å². The third-order valence-electron chi connectivity index (χ3n) is 12.3. The maximum atomic E-state index is 13.3. The molecule has 0 aliphatic carbocycles. The van der Waals surface area contributed by atoms with Gasteiger partial charge in [-0.15, -0.1) is 0 Å². The van der Waals surface area contributed by atoms with E-state index in [1.807, 2.05) is 24.3 Å². The Bertz CT molecular complexity index is 1400. The zero-order chi connectivity index (χ0) is 36.8. The lowest BCUT2D eigenvalue weighted by Gasteiger charge is -2.52. The van der Waals surface area contributed by atoms with Crippen molar-refractivity contribution in [2.24, 2.45) is 0 Å². The van der Waals surface area contributed by atoms with Crippen molar-refractivity contribution in [2.45, 2.75) is 178 Å². The third kappa shape index (κ3) is 10.2. The van der Waals surface area contributed by atoms with Gasteiger partial charge in [-0.1, -0.05) is 81.4 Å². The second-order valence-corrected chi connectivity index (χ2v) is 22.1. The molecule has 9 heteroatoms. The number of hydrogen-bond acceptors (Lipinski definition) is 8. The minimum absolute atomic E-state index is 0.0500. The molecule has 0 spiro atoms. The Morgan fingerprint density at radius 3 is 2.19 bits per heavy atom. The van der Waals surface area contributed by atoms with E-state index in [1.165, 1.54) is 5.56 Å². The highest BCUT2D eigenvalue weighted by atomic mass is 28.4. The fourth-order valence-electron chi connectivity index (χ4n) is 8.02. The molecule has 0 saturated carbocycles. The number of carbonyl (C=O) groups is 1. The van der Waals surface area contributed by atoms with E-state index in [0.29, 0.717) is 45.7 Å². The Labute approximate surface area is 313 Å². The molecule has 288 valence electrons. The van der Waals surface area contributed by atoms with Crippen LogP contribution in [0, 0.1) is 0 Å². The first kappa shape index (κ1) is 39.7. The highest BCUT2D eigenvalue weighted by molar-refractivity contribution is 6.74. The highest BCUT2D eigenvalue weighted by Crippen LogP contribution is 2.45. The summed E-state index contributed by atoms with van der Waals surface area (Å²) in [6.45, 7) is 16.0. The first-order chi connectivity index (χ1) is 24.9. The molecule has 2 aromatic rings. The minimum atomic E-state index is -1.83. The molecule has 2 aromatic carbocycles. The standard InChI is InChI=1S/C43H64O8Si/c1-42(2,3)52(5,6)47-26-14-20-35-34(44)21-22-36-37(49-35)23-24-43(4)40(50-36)28-39-41(51-43)38(46-30-32-17-11-8-12-18-32)27-33(48-39)19-13-25-45-29-31-15-9-7-10-16-31/h7-12,15-18,33,35-41H,13-14,19-30H2,1-6H3/t33-,35-,36-,37+,38+,39-,40+,41+,43-/m1/s1. The number of hydrogen-bond donors (Lipinski definition) is 0. The predicted molar refractivity (Wildman–Crippen MR) is 205 cm³/mol. The summed E-state index contributed by atoms with van der Waals surface area (Å²) in [7, 11) is -1.83. The molecule has 8 nitrogen and oxygen atoms in total. The lowest BCUT2D eigenvalue weighted by atomic mass is 9.81. The van der Waals surface area contributed by atoms with Crippen LogP contribution in [0.15, 0.2) is 60.7 Å². The van der Waals surface area contributed by atoms with Gasteiger partial charge in [-0.3, -0.25) is 4.79 Å². The number of fused-ring (bicyclic) bond motifs is 3. The molecule has 9 atom stereocenters. The van der Waals surface area contributed by atoms with Gasteiger partial charge in [0.05, 0.1) is 55.4 Å². The number of carbonyl (C=O) groups excluding carboxylic acids is 1. The van der Waals surface area contributed by atoms with Gasteiger partial charge >= 0.3 is 0 Å². The highest BCUT2D eigenvalue weighted by Gasteiger charge is 2.55. The molecule has 0 radical (unpaired) electrons. The SMILES string of the molecule is CC(C)(C)[Si](C)(C)OCCC[C@H]1O[C@H]2CC[C@@]3(C)O[C@H]4[C@@H](OCc5ccccc5)C[C@@H](CCCOCc5ccccc5)O[C@@H]4C[C@@H]3O[C@@H]2CCC1=O. The normalized spacial score (nSPS) is 32.6. The maximum absolute atomic E-state index is 13.3. The maximum Gasteiger partial charge on any atom is 0.191 e. The van der Waals surface area contributed by atoms with Crippen LogP contribution in [0.5, 0.6) is 0 Å². The summed E-state index contributed by atoms with van der Waals surface area (Å²) in [5.74, 6) is 0.191. The van der Waals surface area contributed by atoms with Gasteiger partial charge in [0.2, 0.25) is 0 Å². The molecule has 52 heavy (non-hydrogen) atoms. The van der Waals surface area contributed by atoms with Crippen molar-refractivity contribution in [2.75, 3.05) is 13.2 Å². The number of ketones is 1. The molecule has 0 aromatic heterocycles. The molecule has 4 fully saturated rings. The van der Waals surface area contributed by atoms with E-state index in [1.54, 1.807) is 0 Å². The first-order valence-corrected chi connectivity index (χ1v) is 22.9. The zero-order valence-electron chi connectivity index (χ0n) is 32.6. The summed E-state index contributed by atoms with van der Waals surface area (Å²) in [6, 6.07) is 20.7. The van der Waals surface area contributed by atoms with Gasteiger partial charge in [-0.2, -0.15) is 0 Å². The predicted octanol–water partition coefficient (Wildman–Crippen LogP) is 8.74. The Balaban J connectivity index is 1.07. The van der Waals surface area contributed by atoms with Gasteiger partial charge in [0.15, 0.2) is 14.1 Å². The van der Waals surface area contributed by atoms with Crippen molar-refractivity contribution in [3.8, 4) is 0 Å². The van der Waals surface area contributed by atoms with E-state index < -0.39 is 20.0 Å². The summed E-state index contributed by atoms with van der Waals surface area (Å²) in [5.41, 5.74) is 1.85. The van der Waals surface area contributed by atoms with Crippen LogP contribution in [0.1, 0.15) is 103 Å².